The van der Waals surface area contributed by atoms with E-state index in [0.29, 0.717) is 24.7 Å². The predicted molar refractivity (Wildman–Crippen MR) is 117 cm³/mol. The Hall–Kier alpha value is -2.02. The van der Waals surface area contributed by atoms with Gasteiger partial charge in [-0.05, 0) is 12.0 Å². The third-order valence-corrected chi connectivity index (χ3v) is 7.48. The van der Waals surface area contributed by atoms with Crippen molar-refractivity contribution in [2.24, 2.45) is 11.3 Å². The fraction of sp³-hybridized carbons (Fsp3) is 0.478. The van der Waals surface area contributed by atoms with Crippen LogP contribution in [0.5, 0.6) is 0 Å². The lowest BCUT2D eigenvalue weighted by atomic mass is 9.57. The first-order valence-electron chi connectivity index (χ1n) is 10.2. The molecule has 29 heavy (non-hydrogen) atoms. The molecule has 3 aromatic rings. The smallest absolute Gasteiger partial charge is 0.158 e. The van der Waals surface area contributed by atoms with Crippen molar-refractivity contribution in [3.63, 3.8) is 0 Å². The van der Waals surface area contributed by atoms with Gasteiger partial charge in [0, 0.05) is 49.1 Å². The first kappa shape index (κ1) is 19.0. The molecule has 3 heterocycles. The zero-order chi connectivity index (χ0) is 20.2. The summed E-state index contributed by atoms with van der Waals surface area (Å²) in [4.78, 5) is 13.2. The summed E-state index contributed by atoms with van der Waals surface area (Å²) >= 11 is 1.68. The summed E-state index contributed by atoms with van der Waals surface area (Å²) in [6.07, 6.45) is 1.47. The van der Waals surface area contributed by atoms with Crippen molar-refractivity contribution in [1.29, 1.82) is 0 Å². The molecule has 1 aromatic carbocycles. The summed E-state index contributed by atoms with van der Waals surface area (Å²) in [7, 11) is 3.88. The summed E-state index contributed by atoms with van der Waals surface area (Å²) in [6.45, 7) is 5.92. The van der Waals surface area contributed by atoms with Crippen LogP contribution in [-0.2, 0) is 16.1 Å². The molecule has 0 N–H and O–H groups in total. The molecule has 2 fully saturated rings. The van der Waals surface area contributed by atoms with Gasteiger partial charge in [0.2, 0.25) is 0 Å². The van der Waals surface area contributed by atoms with Gasteiger partial charge in [-0.3, -0.25) is 0 Å². The molecule has 0 spiro atoms. The maximum Gasteiger partial charge on any atom is 0.158 e. The van der Waals surface area contributed by atoms with E-state index in [2.05, 4.69) is 61.5 Å². The number of anilines is 1. The van der Waals surface area contributed by atoms with Crippen LogP contribution < -0.4 is 4.90 Å². The number of rotatable bonds is 5. The van der Waals surface area contributed by atoms with Crippen LogP contribution in [0.1, 0.15) is 26.1 Å². The third-order valence-electron chi connectivity index (χ3n) is 6.61. The molecule has 1 saturated carbocycles. The number of fused-ring (bicyclic) bond motifs is 2. The number of ether oxygens (including phenoxy) is 2. The molecule has 0 bridgehead atoms. The van der Waals surface area contributed by atoms with Crippen LogP contribution in [0, 0.1) is 11.3 Å². The minimum absolute atomic E-state index is 0.0948. The van der Waals surface area contributed by atoms with Gasteiger partial charge >= 0.3 is 0 Å². The monoisotopic (exact) mass is 409 g/mol. The zero-order valence-electron chi connectivity index (χ0n) is 17.4. The molecule has 1 aliphatic heterocycles. The summed E-state index contributed by atoms with van der Waals surface area (Å²) in [5, 5.41) is 3.34. The number of aromatic nitrogens is 2. The van der Waals surface area contributed by atoms with E-state index in [0.717, 1.165) is 34.9 Å². The summed E-state index contributed by atoms with van der Waals surface area (Å²) < 4.78 is 11.4. The third kappa shape index (κ3) is 2.88. The Balaban J connectivity index is 1.66. The summed E-state index contributed by atoms with van der Waals surface area (Å²) in [6, 6.07) is 10.9. The highest BCUT2D eigenvalue weighted by molar-refractivity contribution is 7.17. The molecule has 1 saturated heterocycles. The van der Waals surface area contributed by atoms with Crippen LogP contribution in [-0.4, -0.2) is 42.9 Å². The Kier molecular flexibility index (Phi) is 4.61. The maximum absolute atomic E-state index is 6.03. The van der Waals surface area contributed by atoms with Gasteiger partial charge in [-0.15, -0.1) is 11.3 Å². The molecule has 5 rings (SSSR count). The van der Waals surface area contributed by atoms with Gasteiger partial charge in [0.05, 0.1) is 11.5 Å². The first-order valence-corrected chi connectivity index (χ1v) is 11.1. The van der Waals surface area contributed by atoms with E-state index in [-0.39, 0.29) is 5.41 Å². The van der Waals surface area contributed by atoms with Crippen molar-refractivity contribution in [3.8, 4) is 11.1 Å². The Morgan fingerprint density at radius 1 is 1.24 bits per heavy atom. The average molecular weight is 410 g/mol. The van der Waals surface area contributed by atoms with Gasteiger partial charge in [0.15, 0.2) is 5.82 Å². The molecule has 152 valence electrons. The number of benzene rings is 1. The van der Waals surface area contributed by atoms with Crippen molar-refractivity contribution in [2.45, 2.75) is 39.0 Å². The number of nitrogens with zero attached hydrogens (tertiary/aromatic N) is 3. The molecular formula is C23H27N3O2S. The molecular weight excluding hydrogens is 382 g/mol. The molecule has 3 unspecified atom stereocenters. The standard InChI is InChI=1S/C23H27N3O2S/c1-23(2)19(15-10-11-28-20(15)23)26(3)21-18-16(14-8-6-5-7-9-14)13-29-22(18)25-17(24-21)12-27-4/h5-9,13,15,19-20H,10-12H2,1-4H3. The zero-order valence-corrected chi connectivity index (χ0v) is 18.2. The van der Waals surface area contributed by atoms with Gasteiger partial charge < -0.3 is 14.4 Å². The van der Waals surface area contributed by atoms with Crippen molar-refractivity contribution in [1.82, 2.24) is 9.97 Å². The van der Waals surface area contributed by atoms with E-state index in [1.165, 1.54) is 11.1 Å². The fourth-order valence-electron chi connectivity index (χ4n) is 5.46. The predicted octanol–water partition coefficient (Wildman–Crippen LogP) is 4.75. The average Bonchev–Trinajstić information content (AvgIpc) is 3.34. The highest BCUT2D eigenvalue weighted by Gasteiger charge is 2.61. The van der Waals surface area contributed by atoms with Crippen LogP contribution in [0.2, 0.25) is 0 Å². The van der Waals surface area contributed by atoms with Gasteiger partial charge in [-0.25, -0.2) is 9.97 Å². The Bertz CT molecular complexity index is 1030. The van der Waals surface area contributed by atoms with Gasteiger partial charge in [0.1, 0.15) is 17.3 Å². The van der Waals surface area contributed by atoms with Crippen molar-refractivity contribution < 1.29 is 9.47 Å². The summed E-state index contributed by atoms with van der Waals surface area (Å²) in [5.74, 6) is 2.30. The number of thiophene rings is 1. The maximum atomic E-state index is 6.03. The van der Waals surface area contributed by atoms with Crippen LogP contribution in [0.25, 0.3) is 21.3 Å². The van der Waals surface area contributed by atoms with Crippen LogP contribution in [0.3, 0.4) is 0 Å². The second-order valence-corrected chi connectivity index (χ2v) is 9.57. The fourth-order valence-corrected chi connectivity index (χ4v) is 6.42. The molecule has 0 amide bonds. The Labute approximate surface area is 175 Å². The molecule has 5 nitrogen and oxygen atoms in total. The lowest BCUT2D eigenvalue weighted by Crippen LogP contribution is -2.66. The highest BCUT2D eigenvalue weighted by Crippen LogP contribution is 2.55. The SMILES string of the molecule is COCc1nc(N(C)C2C3CCOC3C2(C)C)c2c(-c3ccccc3)csc2n1. The van der Waals surface area contributed by atoms with Crippen molar-refractivity contribution in [2.75, 3.05) is 25.7 Å². The van der Waals surface area contributed by atoms with Crippen LogP contribution >= 0.6 is 11.3 Å². The first-order chi connectivity index (χ1) is 14.0. The Morgan fingerprint density at radius 3 is 2.79 bits per heavy atom. The normalized spacial score (nSPS) is 25.0. The minimum Gasteiger partial charge on any atom is -0.377 e. The van der Waals surface area contributed by atoms with Gasteiger partial charge in [-0.2, -0.15) is 0 Å². The molecule has 6 heteroatoms. The van der Waals surface area contributed by atoms with Crippen LogP contribution in [0.4, 0.5) is 5.82 Å². The second-order valence-electron chi connectivity index (χ2n) is 8.71. The van der Waals surface area contributed by atoms with E-state index >= 15 is 0 Å². The molecule has 3 atom stereocenters. The lowest BCUT2D eigenvalue weighted by molar-refractivity contribution is -0.101. The quantitative estimate of drug-likeness (QED) is 0.608. The number of methoxy groups -OCH3 is 1. The minimum atomic E-state index is 0.0948. The topological polar surface area (TPSA) is 47.5 Å². The van der Waals surface area contributed by atoms with E-state index < -0.39 is 0 Å². The van der Waals surface area contributed by atoms with E-state index in [9.17, 15) is 0 Å². The van der Waals surface area contributed by atoms with Crippen molar-refractivity contribution in [3.05, 3.63) is 41.5 Å². The molecule has 0 radical (unpaired) electrons. The highest BCUT2D eigenvalue weighted by atomic mass is 32.1. The molecule has 2 aliphatic rings. The largest absolute Gasteiger partial charge is 0.377 e. The van der Waals surface area contributed by atoms with E-state index in [1.807, 2.05) is 0 Å². The van der Waals surface area contributed by atoms with E-state index in [4.69, 9.17) is 19.4 Å². The Morgan fingerprint density at radius 2 is 2.03 bits per heavy atom. The number of hydrogen-bond acceptors (Lipinski definition) is 6. The van der Waals surface area contributed by atoms with Gasteiger partial charge in [0.25, 0.3) is 0 Å². The second kappa shape index (κ2) is 7.04. The molecule has 1 aliphatic carbocycles. The van der Waals surface area contributed by atoms with Gasteiger partial charge in [-0.1, -0.05) is 44.2 Å². The van der Waals surface area contributed by atoms with E-state index in [1.54, 1.807) is 18.4 Å². The van der Waals surface area contributed by atoms with Crippen LogP contribution in [0.15, 0.2) is 35.7 Å². The van der Waals surface area contributed by atoms with Crippen molar-refractivity contribution >= 4 is 27.4 Å². The lowest BCUT2D eigenvalue weighted by Gasteiger charge is -2.58. The summed E-state index contributed by atoms with van der Waals surface area (Å²) in [5.41, 5.74) is 2.50. The number of hydrogen-bond donors (Lipinski definition) is 0. The molecule has 2 aromatic heterocycles.